The number of aromatic nitrogens is 4. The first-order chi connectivity index (χ1) is 15.1. The first-order valence-electron chi connectivity index (χ1n) is 12.0. The normalized spacial score (nSPS) is 22.1. The first-order valence-corrected chi connectivity index (χ1v) is 12.0. The maximum absolute atomic E-state index is 13.2. The molecule has 31 heavy (non-hydrogen) atoms. The number of fused-ring (bicyclic) bond motifs is 1. The molecule has 0 unspecified atom stereocenters. The van der Waals surface area contributed by atoms with E-state index >= 15 is 0 Å². The number of nitrogens with zero attached hydrogens (tertiary/aromatic N) is 6. The fourth-order valence-electron chi connectivity index (χ4n) is 5.69. The smallest absolute Gasteiger partial charge is 0.257 e. The fraction of sp³-hybridized carbons (Fsp3) is 0.667. The third kappa shape index (κ3) is 4.06. The predicted molar refractivity (Wildman–Crippen MR) is 120 cm³/mol. The van der Waals surface area contributed by atoms with Crippen LogP contribution in [0.15, 0.2) is 12.4 Å². The Morgan fingerprint density at radius 2 is 1.90 bits per heavy atom. The Bertz CT molecular complexity index is 948. The standard InChI is InChI=1S/C24H34N6O/c1-17-20-10-6-12-29(15-18-8-4-3-5-9-18)23(20)27-22(26-17)21-11-7-13-30(21)24(31)19-14-25-28(2)16-19/h14,16,18,21H,3-13,15H2,1-2H3/t21-/m1/s1. The van der Waals surface area contributed by atoms with Gasteiger partial charge in [0.05, 0.1) is 17.8 Å². The van der Waals surface area contributed by atoms with Gasteiger partial charge in [0.2, 0.25) is 0 Å². The minimum Gasteiger partial charge on any atom is -0.356 e. The van der Waals surface area contributed by atoms with Gasteiger partial charge in [-0.25, -0.2) is 9.97 Å². The topological polar surface area (TPSA) is 67.2 Å². The fourth-order valence-corrected chi connectivity index (χ4v) is 5.69. The van der Waals surface area contributed by atoms with E-state index in [1.54, 1.807) is 17.1 Å². The molecule has 0 N–H and O–H groups in total. The molecule has 7 heteroatoms. The summed E-state index contributed by atoms with van der Waals surface area (Å²) in [4.78, 5) is 27.7. The van der Waals surface area contributed by atoms with E-state index in [-0.39, 0.29) is 11.9 Å². The van der Waals surface area contributed by atoms with Crippen LogP contribution in [0.2, 0.25) is 0 Å². The molecule has 0 radical (unpaired) electrons. The van der Waals surface area contributed by atoms with Gasteiger partial charge in [-0.15, -0.1) is 0 Å². The lowest BCUT2D eigenvalue weighted by molar-refractivity contribution is 0.0729. The van der Waals surface area contributed by atoms with Crippen LogP contribution in [0.1, 0.15) is 84.8 Å². The average Bonchev–Trinajstić information content (AvgIpc) is 3.44. The molecule has 5 rings (SSSR count). The van der Waals surface area contributed by atoms with Crippen molar-refractivity contribution in [1.82, 2.24) is 24.6 Å². The van der Waals surface area contributed by atoms with Crippen LogP contribution in [0.5, 0.6) is 0 Å². The highest BCUT2D eigenvalue weighted by molar-refractivity contribution is 5.94. The van der Waals surface area contributed by atoms with Crippen LogP contribution in [0.3, 0.4) is 0 Å². The monoisotopic (exact) mass is 422 g/mol. The molecule has 0 spiro atoms. The van der Waals surface area contributed by atoms with Crippen LogP contribution in [0.25, 0.3) is 0 Å². The van der Waals surface area contributed by atoms with Crippen molar-refractivity contribution in [1.29, 1.82) is 0 Å². The number of amides is 1. The number of hydrogen-bond acceptors (Lipinski definition) is 5. The van der Waals surface area contributed by atoms with E-state index in [0.29, 0.717) is 5.56 Å². The Balaban J connectivity index is 1.42. The molecule has 2 aromatic heterocycles. The SMILES string of the molecule is Cc1nc([C@H]2CCCN2C(=O)c2cnn(C)c2)nc2c1CCCN2CC1CCCCC1. The second kappa shape index (κ2) is 8.60. The van der Waals surface area contributed by atoms with Crippen molar-refractivity contribution in [3.05, 3.63) is 35.0 Å². The van der Waals surface area contributed by atoms with Crippen molar-refractivity contribution in [2.45, 2.75) is 70.8 Å². The number of aryl methyl sites for hydroxylation is 2. The Kier molecular flexibility index (Phi) is 5.67. The summed E-state index contributed by atoms with van der Waals surface area (Å²) in [5.41, 5.74) is 3.05. The van der Waals surface area contributed by atoms with Crippen LogP contribution < -0.4 is 4.90 Å². The van der Waals surface area contributed by atoms with Gasteiger partial charge >= 0.3 is 0 Å². The van der Waals surface area contributed by atoms with Gasteiger partial charge in [-0.05, 0) is 51.4 Å². The third-order valence-electron chi connectivity index (χ3n) is 7.33. The van der Waals surface area contributed by atoms with E-state index in [1.807, 2.05) is 11.9 Å². The molecule has 3 aliphatic rings. The Labute approximate surface area is 184 Å². The van der Waals surface area contributed by atoms with Gasteiger partial charge in [0.1, 0.15) is 5.82 Å². The predicted octanol–water partition coefficient (Wildman–Crippen LogP) is 3.83. The lowest BCUT2D eigenvalue weighted by Gasteiger charge is -2.35. The maximum Gasteiger partial charge on any atom is 0.257 e. The zero-order valence-electron chi connectivity index (χ0n) is 18.9. The van der Waals surface area contributed by atoms with E-state index in [0.717, 1.165) is 62.2 Å². The van der Waals surface area contributed by atoms with Crippen molar-refractivity contribution in [3.8, 4) is 0 Å². The summed E-state index contributed by atoms with van der Waals surface area (Å²) < 4.78 is 1.68. The molecule has 1 saturated carbocycles. The van der Waals surface area contributed by atoms with Crippen molar-refractivity contribution >= 4 is 11.7 Å². The van der Waals surface area contributed by atoms with Gasteiger partial charge in [0.25, 0.3) is 5.91 Å². The van der Waals surface area contributed by atoms with E-state index in [1.165, 1.54) is 44.1 Å². The maximum atomic E-state index is 13.2. The second-order valence-corrected chi connectivity index (χ2v) is 9.58. The van der Waals surface area contributed by atoms with Crippen LogP contribution in [-0.4, -0.2) is 50.2 Å². The number of anilines is 1. The number of rotatable bonds is 4. The van der Waals surface area contributed by atoms with Gasteiger partial charge in [0.15, 0.2) is 5.82 Å². The summed E-state index contributed by atoms with van der Waals surface area (Å²) in [6, 6.07) is -0.0461. The highest BCUT2D eigenvalue weighted by atomic mass is 16.2. The molecule has 0 bridgehead atoms. The number of hydrogen-bond donors (Lipinski definition) is 0. The minimum atomic E-state index is -0.0461. The van der Waals surface area contributed by atoms with Gasteiger partial charge in [-0.2, -0.15) is 5.10 Å². The summed E-state index contributed by atoms with van der Waals surface area (Å²) in [5, 5.41) is 4.18. The highest BCUT2D eigenvalue weighted by Crippen LogP contribution is 2.36. The molecule has 2 aromatic rings. The summed E-state index contributed by atoms with van der Waals surface area (Å²) in [5.74, 6) is 2.78. The molecular formula is C24H34N6O. The summed E-state index contributed by atoms with van der Waals surface area (Å²) in [7, 11) is 1.84. The molecular weight excluding hydrogens is 388 g/mol. The molecule has 1 aliphatic carbocycles. The number of carbonyl (C=O) groups excluding carboxylic acids is 1. The third-order valence-corrected chi connectivity index (χ3v) is 7.33. The Morgan fingerprint density at radius 1 is 1.06 bits per heavy atom. The zero-order chi connectivity index (χ0) is 21.4. The summed E-state index contributed by atoms with van der Waals surface area (Å²) >= 11 is 0. The van der Waals surface area contributed by atoms with Crippen molar-refractivity contribution in [3.63, 3.8) is 0 Å². The van der Waals surface area contributed by atoms with Crippen LogP contribution in [0.4, 0.5) is 5.82 Å². The van der Waals surface area contributed by atoms with E-state index in [9.17, 15) is 4.79 Å². The van der Waals surface area contributed by atoms with Crippen molar-refractivity contribution in [2.24, 2.45) is 13.0 Å². The van der Waals surface area contributed by atoms with Gasteiger partial charge in [-0.3, -0.25) is 9.48 Å². The Hall–Kier alpha value is -2.44. The first kappa shape index (κ1) is 20.5. The molecule has 166 valence electrons. The van der Waals surface area contributed by atoms with Crippen molar-refractivity contribution < 1.29 is 4.79 Å². The molecule has 1 amide bonds. The van der Waals surface area contributed by atoms with E-state index < -0.39 is 0 Å². The number of likely N-dealkylation sites (tertiary alicyclic amines) is 1. The summed E-state index contributed by atoms with van der Waals surface area (Å²) in [6.45, 7) is 5.08. The van der Waals surface area contributed by atoms with Gasteiger partial charge < -0.3 is 9.80 Å². The molecule has 1 saturated heterocycles. The molecule has 4 heterocycles. The van der Waals surface area contributed by atoms with E-state index in [2.05, 4.69) is 16.9 Å². The molecule has 0 aromatic carbocycles. The second-order valence-electron chi connectivity index (χ2n) is 9.58. The van der Waals surface area contributed by atoms with Crippen LogP contribution >= 0.6 is 0 Å². The van der Waals surface area contributed by atoms with E-state index in [4.69, 9.17) is 9.97 Å². The zero-order valence-corrected chi connectivity index (χ0v) is 18.9. The van der Waals surface area contributed by atoms with Crippen LogP contribution in [-0.2, 0) is 13.5 Å². The lowest BCUT2D eigenvalue weighted by Crippen LogP contribution is -2.37. The number of carbonyl (C=O) groups is 1. The van der Waals surface area contributed by atoms with Gasteiger partial charge in [0, 0.05) is 44.1 Å². The summed E-state index contributed by atoms with van der Waals surface area (Å²) in [6.07, 6.45) is 14.4. The molecule has 1 atom stereocenters. The molecule has 7 nitrogen and oxygen atoms in total. The Morgan fingerprint density at radius 3 is 2.68 bits per heavy atom. The quantitative estimate of drug-likeness (QED) is 0.749. The molecule has 2 aliphatic heterocycles. The lowest BCUT2D eigenvalue weighted by atomic mass is 9.88. The highest BCUT2D eigenvalue weighted by Gasteiger charge is 2.35. The largest absolute Gasteiger partial charge is 0.356 e. The van der Waals surface area contributed by atoms with Gasteiger partial charge in [-0.1, -0.05) is 19.3 Å². The van der Waals surface area contributed by atoms with Crippen molar-refractivity contribution in [2.75, 3.05) is 24.5 Å². The van der Waals surface area contributed by atoms with Crippen LogP contribution in [0, 0.1) is 12.8 Å². The minimum absolute atomic E-state index is 0.0358. The molecule has 2 fully saturated rings. The average molecular weight is 423 g/mol.